The molecule has 0 spiro atoms. The van der Waals surface area contributed by atoms with Crippen molar-refractivity contribution in [2.75, 3.05) is 11.2 Å². The van der Waals surface area contributed by atoms with Crippen molar-refractivity contribution in [3.8, 4) is 22.8 Å². The first-order chi connectivity index (χ1) is 12.4. The molecule has 0 saturated heterocycles. The van der Waals surface area contributed by atoms with Crippen LogP contribution in [0.3, 0.4) is 0 Å². The molecule has 0 bridgehead atoms. The van der Waals surface area contributed by atoms with Crippen molar-refractivity contribution in [1.29, 1.82) is 0 Å². The Bertz CT molecular complexity index is 913. The smallest absolute Gasteiger partial charge is 0.416 e. The number of hydrogen-bond donors (Lipinski definition) is 3. The summed E-state index contributed by atoms with van der Waals surface area (Å²) in [6.07, 6.45) is -1.37. The van der Waals surface area contributed by atoms with Crippen LogP contribution in [0.2, 0.25) is 0 Å². The van der Waals surface area contributed by atoms with E-state index in [2.05, 4.69) is 15.4 Å². The molecule has 5 N–H and O–H groups in total. The van der Waals surface area contributed by atoms with Gasteiger partial charge in [0.2, 0.25) is 5.88 Å². The van der Waals surface area contributed by atoms with Crippen molar-refractivity contribution in [2.45, 2.75) is 6.18 Å². The lowest BCUT2D eigenvalue weighted by atomic mass is 10.1. The molecule has 0 atom stereocenters. The van der Waals surface area contributed by atoms with Gasteiger partial charge in [0, 0.05) is 23.5 Å². The van der Waals surface area contributed by atoms with Gasteiger partial charge in [0.05, 0.1) is 11.3 Å². The zero-order valence-electron chi connectivity index (χ0n) is 13.3. The summed E-state index contributed by atoms with van der Waals surface area (Å²) in [5, 5.41) is 0. The lowest BCUT2D eigenvalue weighted by Gasteiger charge is -2.12. The zero-order valence-corrected chi connectivity index (χ0v) is 13.3. The molecule has 0 radical (unpaired) electrons. The van der Waals surface area contributed by atoms with Crippen LogP contribution in [0.25, 0.3) is 11.1 Å². The monoisotopic (exact) mass is 361 g/mol. The lowest BCUT2D eigenvalue weighted by Crippen LogP contribution is -2.10. The summed E-state index contributed by atoms with van der Waals surface area (Å²) in [7, 11) is 0. The zero-order chi connectivity index (χ0) is 18.7. The third-order valence-corrected chi connectivity index (χ3v) is 3.53. The van der Waals surface area contributed by atoms with Crippen LogP contribution < -0.4 is 21.7 Å². The molecule has 26 heavy (non-hydrogen) atoms. The summed E-state index contributed by atoms with van der Waals surface area (Å²) in [6.45, 7) is 0. The first-order valence-electron chi connectivity index (χ1n) is 7.41. The normalized spacial score (nSPS) is 11.2. The van der Waals surface area contributed by atoms with Crippen LogP contribution in [0.5, 0.6) is 11.6 Å². The Labute approximate surface area is 146 Å². The molecule has 134 valence electrons. The molecule has 0 aliphatic rings. The van der Waals surface area contributed by atoms with Crippen molar-refractivity contribution in [3.63, 3.8) is 0 Å². The average molecular weight is 361 g/mol. The van der Waals surface area contributed by atoms with E-state index >= 15 is 0 Å². The van der Waals surface area contributed by atoms with E-state index in [1.165, 1.54) is 24.5 Å². The summed E-state index contributed by atoms with van der Waals surface area (Å²) in [6, 6.07) is 9.42. The molecule has 0 unspecified atom stereocenters. The van der Waals surface area contributed by atoms with E-state index in [1.54, 1.807) is 18.2 Å². The second kappa shape index (κ2) is 6.89. The van der Waals surface area contributed by atoms with E-state index in [1.807, 2.05) is 0 Å². The summed E-state index contributed by atoms with van der Waals surface area (Å²) < 4.78 is 43.6. The van der Waals surface area contributed by atoms with Crippen molar-refractivity contribution < 1.29 is 17.9 Å². The Balaban J connectivity index is 1.91. The molecule has 6 nitrogen and oxygen atoms in total. The van der Waals surface area contributed by atoms with Crippen LogP contribution in [0.1, 0.15) is 5.56 Å². The molecule has 0 aliphatic heterocycles. The number of ether oxygens (including phenoxy) is 1. The molecule has 0 aliphatic carbocycles. The number of nitrogen functional groups attached to an aromatic ring is 2. The molecule has 2 heterocycles. The van der Waals surface area contributed by atoms with Crippen LogP contribution in [-0.4, -0.2) is 9.97 Å². The van der Waals surface area contributed by atoms with E-state index in [4.69, 9.17) is 16.3 Å². The fourth-order valence-corrected chi connectivity index (χ4v) is 2.27. The molecule has 0 amide bonds. The van der Waals surface area contributed by atoms with Crippen molar-refractivity contribution in [1.82, 2.24) is 9.97 Å². The summed E-state index contributed by atoms with van der Waals surface area (Å²) >= 11 is 0. The number of hydrogen-bond acceptors (Lipinski definition) is 6. The van der Waals surface area contributed by atoms with Gasteiger partial charge in [-0.15, -0.1) is 0 Å². The Morgan fingerprint density at radius 3 is 2.38 bits per heavy atom. The Morgan fingerprint density at radius 1 is 1.04 bits per heavy atom. The predicted molar refractivity (Wildman–Crippen MR) is 91.2 cm³/mol. The molecule has 3 rings (SSSR count). The number of rotatable bonds is 4. The Kier molecular flexibility index (Phi) is 4.63. The second-order valence-electron chi connectivity index (χ2n) is 5.29. The average Bonchev–Trinajstić information content (AvgIpc) is 2.62. The number of anilines is 2. The third kappa shape index (κ3) is 3.67. The second-order valence-corrected chi connectivity index (χ2v) is 5.29. The quantitative estimate of drug-likeness (QED) is 0.483. The van der Waals surface area contributed by atoms with E-state index in [-0.39, 0.29) is 11.6 Å². The minimum absolute atomic E-state index is 0.210. The first-order valence-corrected chi connectivity index (χ1v) is 7.41. The van der Waals surface area contributed by atoms with Gasteiger partial charge in [-0.1, -0.05) is 0 Å². The van der Waals surface area contributed by atoms with Crippen LogP contribution in [-0.2, 0) is 6.18 Å². The molecule has 2 aromatic heterocycles. The molecular weight excluding hydrogens is 347 g/mol. The van der Waals surface area contributed by atoms with E-state index in [0.717, 1.165) is 12.1 Å². The van der Waals surface area contributed by atoms with Crippen LogP contribution >= 0.6 is 0 Å². The highest BCUT2D eigenvalue weighted by Crippen LogP contribution is 2.34. The molecule has 9 heteroatoms. The van der Waals surface area contributed by atoms with Crippen LogP contribution in [0, 0.1) is 0 Å². The topological polar surface area (TPSA) is 99.1 Å². The van der Waals surface area contributed by atoms with E-state index in [9.17, 15) is 13.2 Å². The number of pyridine rings is 2. The SMILES string of the molecule is NNc1ncc(-c2cccnc2Oc2ccc(C(F)(F)F)cc2)cc1N. The molecule has 1 aromatic carbocycles. The predicted octanol–water partition coefficient (Wildman–Crippen LogP) is 3.82. The Hall–Kier alpha value is -3.33. The fourth-order valence-electron chi connectivity index (χ4n) is 2.27. The molecular formula is C17H14F3N5O. The van der Waals surface area contributed by atoms with Crippen molar-refractivity contribution >= 4 is 11.5 Å². The number of halogens is 3. The highest BCUT2D eigenvalue weighted by Gasteiger charge is 2.30. The highest BCUT2D eigenvalue weighted by molar-refractivity contribution is 5.75. The van der Waals surface area contributed by atoms with Crippen molar-refractivity contribution in [3.05, 3.63) is 60.4 Å². The summed E-state index contributed by atoms with van der Waals surface area (Å²) in [5.41, 5.74) is 9.00. The largest absolute Gasteiger partial charge is 0.438 e. The summed E-state index contributed by atoms with van der Waals surface area (Å²) in [5.74, 6) is 6.06. The van der Waals surface area contributed by atoms with E-state index < -0.39 is 11.7 Å². The standard InChI is InChI=1S/C17H14F3N5O/c18-17(19,20)11-3-5-12(6-4-11)26-16-13(2-1-7-23-16)10-8-14(21)15(25-22)24-9-10/h1-9H,21-22H2,(H,24,25). The maximum atomic E-state index is 12.6. The number of nitrogens with two attached hydrogens (primary N) is 2. The number of aromatic nitrogens is 2. The van der Waals surface area contributed by atoms with Gasteiger partial charge in [-0.05, 0) is 42.5 Å². The third-order valence-electron chi connectivity index (χ3n) is 3.53. The first kappa shape index (κ1) is 17.5. The van der Waals surface area contributed by atoms with Gasteiger partial charge in [-0.25, -0.2) is 15.8 Å². The van der Waals surface area contributed by atoms with Crippen molar-refractivity contribution in [2.24, 2.45) is 5.84 Å². The van der Waals surface area contributed by atoms with Gasteiger partial charge in [-0.2, -0.15) is 13.2 Å². The maximum absolute atomic E-state index is 12.6. The number of nitrogens with one attached hydrogen (secondary N) is 1. The van der Waals surface area contributed by atoms with Crippen LogP contribution in [0.15, 0.2) is 54.9 Å². The van der Waals surface area contributed by atoms with E-state index in [0.29, 0.717) is 22.6 Å². The van der Waals surface area contributed by atoms with Crippen LogP contribution in [0.4, 0.5) is 24.7 Å². The minimum Gasteiger partial charge on any atom is -0.438 e. The van der Waals surface area contributed by atoms with Gasteiger partial charge < -0.3 is 15.9 Å². The number of benzene rings is 1. The van der Waals surface area contributed by atoms with Gasteiger partial charge >= 0.3 is 6.18 Å². The lowest BCUT2D eigenvalue weighted by molar-refractivity contribution is -0.137. The number of nitrogens with zero attached hydrogens (tertiary/aromatic N) is 2. The molecule has 0 saturated carbocycles. The van der Waals surface area contributed by atoms with Gasteiger partial charge in [-0.3, -0.25) is 0 Å². The van der Waals surface area contributed by atoms with Gasteiger partial charge in [0.1, 0.15) is 5.75 Å². The highest BCUT2D eigenvalue weighted by atomic mass is 19.4. The summed E-state index contributed by atoms with van der Waals surface area (Å²) in [4.78, 5) is 8.23. The van der Waals surface area contributed by atoms with Gasteiger partial charge in [0.15, 0.2) is 5.82 Å². The minimum atomic E-state index is -4.41. The molecule has 3 aromatic rings. The molecule has 0 fully saturated rings. The number of alkyl halides is 3. The number of hydrazine groups is 1. The Morgan fingerprint density at radius 2 is 1.77 bits per heavy atom. The van der Waals surface area contributed by atoms with Gasteiger partial charge in [0.25, 0.3) is 0 Å². The maximum Gasteiger partial charge on any atom is 0.416 e. The fraction of sp³-hybridized carbons (Fsp3) is 0.0588.